The van der Waals surface area contributed by atoms with E-state index in [4.69, 9.17) is 0 Å². The highest BCUT2D eigenvalue weighted by Gasteiger charge is 2.48. The summed E-state index contributed by atoms with van der Waals surface area (Å²) in [6.45, 7) is 6.63. The van der Waals surface area contributed by atoms with Crippen LogP contribution in [0.2, 0.25) is 0 Å². The lowest BCUT2D eigenvalue weighted by Gasteiger charge is -2.44. The minimum Gasteiger partial charge on any atom is -0.329 e. The van der Waals surface area contributed by atoms with Gasteiger partial charge in [-0.15, -0.1) is 11.3 Å². The van der Waals surface area contributed by atoms with Crippen LogP contribution in [-0.2, 0) is 9.59 Å². The molecule has 3 atom stereocenters. The first kappa shape index (κ1) is 14.5. The molecule has 3 rings (SSSR count). The summed E-state index contributed by atoms with van der Waals surface area (Å²) in [6.07, 6.45) is 2.38. The summed E-state index contributed by atoms with van der Waals surface area (Å²) in [5, 5.41) is 2.91. The summed E-state index contributed by atoms with van der Waals surface area (Å²) >= 11 is 1.56. The Morgan fingerprint density at radius 3 is 2.81 bits per heavy atom. The summed E-state index contributed by atoms with van der Waals surface area (Å²) in [7, 11) is 0. The second-order valence-electron chi connectivity index (χ2n) is 5.86. The first-order valence-corrected chi connectivity index (χ1v) is 8.47. The Morgan fingerprint density at radius 2 is 2.19 bits per heavy atom. The molecule has 0 saturated carbocycles. The van der Waals surface area contributed by atoms with E-state index in [-0.39, 0.29) is 29.9 Å². The van der Waals surface area contributed by atoms with Gasteiger partial charge in [0, 0.05) is 17.6 Å². The molecule has 0 aromatic carbocycles. The lowest BCUT2D eigenvalue weighted by Crippen LogP contribution is -2.62. The van der Waals surface area contributed by atoms with Crippen LogP contribution in [0.4, 0.5) is 0 Å². The molecule has 0 radical (unpaired) electrons. The molecule has 6 heteroatoms. The first-order chi connectivity index (χ1) is 10.0. The maximum atomic E-state index is 12.9. The zero-order valence-corrected chi connectivity index (χ0v) is 13.5. The lowest BCUT2D eigenvalue weighted by atomic mass is 10.0. The summed E-state index contributed by atoms with van der Waals surface area (Å²) in [4.78, 5) is 33.6. The molecule has 0 spiro atoms. The maximum absolute atomic E-state index is 12.9. The van der Waals surface area contributed by atoms with Crippen molar-refractivity contribution in [3.05, 3.63) is 16.1 Å². The van der Waals surface area contributed by atoms with Crippen molar-refractivity contribution in [3.63, 3.8) is 0 Å². The van der Waals surface area contributed by atoms with Crippen molar-refractivity contribution in [1.29, 1.82) is 0 Å². The summed E-state index contributed by atoms with van der Waals surface area (Å²) in [5.74, 6) is 0.207. The van der Waals surface area contributed by atoms with Gasteiger partial charge in [-0.3, -0.25) is 9.59 Å². The molecule has 3 unspecified atom stereocenters. The number of fused-ring (bicyclic) bond motifs is 1. The van der Waals surface area contributed by atoms with Gasteiger partial charge in [0.15, 0.2) is 0 Å². The summed E-state index contributed by atoms with van der Waals surface area (Å²) in [6, 6.07) is -0.720. The third-order valence-electron chi connectivity index (χ3n) is 4.49. The normalized spacial score (nSPS) is 27.2. The van der Waals surface area contributed by atoms with E-state index in [0.717, 1.165) is 30.1 Å². The molecule has 2 fully saturated rings. The number of aromatic nitrogens is 1. The number of hydrogen-bond donors (Lipinski definition) is 0. The Kier molecular flexibility index (Phi) is 3.73. The maximum Gasteiger partial charge on any atom is 0.246 e. The van der Waals surface area contributed by atoms with E-state index >= 15 is 0 Å². The van der Waals surface area contributed by atoms with Gasteiger partial charge in [-0.2, -0.15) is 0 Å². The Labute approximate surface area is 129 Å². The van der Waals surface area contributed by atoms with Crippen molar-refractivity contribution >= 4 is 23.2 Å². The predicted octanol–water partition coefficient (Wildman–Crippen LogP) is 2.12. The third kappa shape index (κ3) is 2.25. The highest BCUT2D eigenvalue weighted by molar-refractivity contribution is 7.09. The highest BCUT2D eigenvalue weighted by atomic mass is 32.1. The van der Waals surface area contributed by atoms with Gasteiger partial charge < -0.3 is 9.80 Å². The molecule has 2 aliphatic heterocycles. The number of aryl methyl sites for hydroxylation is 1. The molecule has 114 valence electrons. The molecule has 0 N–H and O–H groups in total. The van der Waals surface area contributed by atoms with Crippen molar-refractivity contribution < 1.29 is 9.59 Å². The molecule has 2 aliphatic rings. The molecule has 0 bridgehead atoms. The summed E-state index contributed by atoms with van der Waals surface area (Å²) < 4.78 is 0. The molecule has 1 aromatic heterocycles. The van der Waals surface area contributed by atoms with E-state index in [2.05, 4.69) is 4.98 Å². The molecule has 0 aliphatic carbocycles. The van der Waals surface area contributed by atoms with Crippen LogP contribution in [0.25, 0.3) is 0 Å². The van der Waals surface area contributed by atoms with Crippen LogP contribution in [-0.4, -0.2) is 45.2 Å². The van der Waals surface area contributed by atoms with Gasteiger partial charge in [0.1, 0.15) is 17.1 Å². The van der Waals surface area contributed by atoms with Crippen LogP contribution in [0.3, 0.4) is 0 Å². The van der Waals surface area contributed by atoms with Crippen LogP contribution in [0, 0.1) is 6.92 Å². The number of rotatable bonds is 3. The summed E-state index contributed by atoms with van der Waals surface area (Å²) in [5.41, 5.74) is 0.966. The number of hydrogen-bond acceptors (Lipinski definition) is 4. The number of amides is 2. The Balaban J connectivity index is 1.94. The molecule has 2 amide bonds. The van der Waals surface area contributed by atoms with E-state index in [1.807, 2.05) is 26.2 Å². The number of carbonyl (C=O) groups excluding carboxylic acids is 2. The van der Waals surface area contributed by atoms with Crippen molar-refractivity contribution in [1.82, 2.24) is 14.8 Å². The van der Waals surface area contributed by atoms with Gasteiger partial charge >= 0.3 is 0 Å². The number of nitrogens with zero attached hydrogens (tertiary/aromatic N) is 3. The van der Waals surface area contributed by atoms with E-state index in [1.165, 1.54) is 0 Å². The molecule has 2 saturated heterocycles. The van der Waals surface area contributed by atoms with E-state index < -0.39 is 0 Å². The zero-order valence-electron chi connectivity index (χ0n) is 12.7. The average Bonchev–Trinajstić information content (AvgIpc) is 3.10. The molecule has 3 heterocycles. The van der Waals surface area contributed by atoms with Gasteiger partial charge in [-0.25, -0.2) is 4.98 Å². The first-order valence-electron chi connectivity index (χ1n) is 7.59. The topological polar surface area (TPSA) is 53.5 Å². The highest BCUT2D eigenvalue weighted by Crippen LogP contribution is 2.34. The molecule has 21 heavy (non-hydrogen) atoms. The second kappa shape index (κ2) is 5.40. The Bertz CT molecular complexity index is 571. The van der Waals surface area contributed by atoms with E-state index in [9.17, 15) is 9.59 Å². The second-order valence-corrected chi connectivity index (χ2v) is 6.75. The minimum absolute atomic E-state index is 0.0966. The van der Waals surface area contributed by atoms with Gasteiger partial charge in [-0.05, 0) is 33.1 Å². The SMILES string of the molecule is CCC1C(=O)N2CCCC2C(=O)N1C(C)c1nc(C)cs1. The van der Waals surface area contributed by atoms with Gasteiger partial charge in [0.25, 0.3) is 0 Å². The van der Waals surface area contributed by atoms with E-state index in [0.29, 0.717) is 6.42 Å². The number of carbonyl (C=O) groups is 2. The zero-order chi connectivity index (χ0) is 15.1. The van der Waals surface area contributed by atoms with Gasteiger partial charge in [0.2, 0.25) is 11.8 Å². The fourth-order valence-electron chi connectivity index (χ4n) is 3.44. The van der Waals surface area contributed by atoms with Crippen molar-refractivity contribution in [3.8, 4) is 0 Å². The molecule has 5 nitrogen and oxygen atoms in total. The average molecular weight is 307 g/mol. The van der Waals surface area contributed by atoms with Crippen LogP contribution in [0.15, 0.2) is 5.38 Å². The van der Waals surface area contributed by atoms with Crippen molar-refractivity contribution in [2.45, 2.75) is 58.2 Å². The van der Waals surface area contributed by atoms with Crippen molar-refractivity contribution in [2.75, 3.05) is 6.54 Å². The molecular weight excluding hydrogens is 286 g/mol. The Morgan fingerprint density at radius 1 is 1.43 bits per heavy atom. The van der Waals surface area contributed by atoms with Crippen molar-refractivity contribution in [2.24, 2.45) is 0 Å². The number of piperazine rings is 1. The smallest absolute Gasteiger partial charge is 0.246 e. The van der Waals surface area contributed by atoms with Crippen LogP contribution >= 0.6 is 11.3 Å². The quantitative estimate of drug-likeness (QED) is 0.859. The Hall–Kier alpha value is -1.43. The predicted molar refractivity (Wildman–Crippen MR) is 80.9 cm³/mol. The number of thiazole rings is 1. The van der Waals surface area contributed by atoms with Crippen LogP contribution in [0.5, 0.6) is 0 Å². The largest absolute Gasteiger partial charge is 0.329 e. The van der Waals surface area contributed by atoms with Crippen LogP contribution < -0.4 is 0 Å². The van der Waals surface area contributed by atoms with Gasteiger partial charge in [-0.1, -0.05) is 6.92 Å². The van der Waals surface area contributed by atoms with Crippen LogP contribution in [0.1, 0.15) is 49.9 Å². The standard InChI is InChI=1S/C15H21N3O2S/c1-4-11-14(19)17-7-5-6-12(17)15(20)18(11)10(3)13-16-9(2)8-21-13/h8,10-12H,4-7H2,1-3H3. The monoisotopic (exact) mass is 307 g/mol. The van der Waals surface area contributed by atoms with Gasteiger partial charge in [0.05, 0.1) is 6.04 Å². The third-order valence-corrected chi connectivity index (χ3v) is 5.63. The molecule has 1 aromatic rings. The fourth-order valence-corrected chi connectivity index (χ4v) is 4.29. The van der Waals surface area contributed by atoms with E-state index in [1.54, 1.807) is 21.1 Å². The lowest BCUT2D eigenvalue weighted by molar-refractivity contribution is -0.162. The fraction of sp³-hybridized carbons (Fsp3) is 0.667. The molecular formula is C15H21N3O2S. The minimum atomic E-state index is -0.342.